The molecule has 15 heavy (non-hydrogen) atoms. The maximum atomic E-state index is 10.2. The van der Waals surface area contributed by atoms with Crippen molar-refractivity contribution in [3.63, 3.8) is 0 Å². The molecule has 0 radical (unpaired) electrons. The van der Waals surface area contributed by atoms with Crippen LogP contribution < -0.4 is 0 Å². The zero-order chi connectivity index (χ0) is 11.8. The zero-order valence-corrected chi connectivity index (χ0v) is 7.72. The predicted molar refractivity (Wildman–Crippen MR) is 45.5 cm³/mol. The third-order valence-corrected chi connectivity index (χ3v) is 1.33. The maximum absolute atomic E-state index is 10.2. The number of nitrogens with zero attached hydrogens (tertiary/aromatic N) is 6. The highest BCUT2D eigenvalue weighted by Gasteiger charge is 2.19. The SMILES string of the molecule is CN(CC(CN=[N+]=[N-])O[N+](=O)[O-])[N+](=O)[O-]. The summed E-state index contributed by atoms with van der Waals surface area (Å²) in [5, 5.41) is 22.0. The summed E-state index contributed by atoms with van der Waals surface area (Å²) in [6, 6.07) is 0. The van der Waals surface area contributed by atoms with E-state index in [9.17, 15) is 20.2 Å². The summed E-state index contributed by atoms with van der Waals surface area (Å²) in [7, 11) is 1.12. The van der Waals surface area contributed by atoms with Gasteiger partial charge in [0.15, 0.2) is 5.03 Å². The van der Waals surface area contributed by atoms with Gasteiger partial charge in [0.05, 0.1) is 13.6 Å². The van der Waals surface area contributed by atoms with Crippen molar-refractivity contribution in [2.45, 2.75) is 6.10 Å². The van der Waals surface area contributed by atoms with Gasteiger partial charge >= 0.3 is 0 Å². The minimum Gasteiger partial charge on any atom is -0.308 e. The van der Waals surface area contributed by atoms with Crippen LogP contribution in [0.25, 0.3) is 10.4 Å². The molecular weight excluding hydrogens is 212 g/mol. The highest BCUT2D eigenvalue weighted by molar-refractivity contribution is 4.61. The van der Waals surface area contributed by atoms with Crippen LogP contribution in [0, 0.1) is 20.2 Å². The molecule has 11 nitrogen and oxygen atoms in total. The van der Waals surface area contributed by atoms with Crippen molar-refractivity contribution in [3.8, 4) is 0 Å². The Morgan fingerprint density at radius 1 is 1.60 bits per heavy atom. The van der Waals surface area contributed by atoms with Crippen molar-refractivity contribution in [1.29, 1.82) is 0 Å². The van der Waals surface area contributed by atoms with E-state index in [2.05, 4.69) is 14.9 Å². The van der Waals surface area contributed by atoms with Gasteiger partial charge in [-0.1, -0.05) is 5.11 Å². The molecule has 0 aromatic carbocycles. The summed E-state index contributed by atoms with van der Waals surface area (Å²) in [5.74, 6) is 0. The average molecular weight is 220 g/mol. The second-order valence-electron chi connectivity index (χ2n) is 2.44. The summed E-state index contributed by atoms with van der Waals surface area (Å²) in [5.41, 5.74) is 7.98. The molecule has 1 unspecified atom stereocenters. The van der Waals surface area contributed by atoms with Gasteiger partial charge in [0, 0.05) is 4.91 Å². The molecule has 84 valence electrons. The van der Waals surface area contributed by atoms with Gasteiger partial charge in [-0.05, 0) is 5.53 Å². The molecule has 0 saturated heterocycles. The Bertz CT molecular complexity index is 283. The Kier molecular flexibility index (Phi) is 5.26. The van der Waals surface area contributed by atoms with E-state index in [0.29, 0.717) is 5.01 Å². The second kappa shape index (κ2) is 6.21. The number of rotatable bonds is 7. The minimum absolute atomic E-state index is 0.352. The van der Waals surface area contributed by atoms with Crippen LogP contribution in [0.3, 0.4) is 0 Å². The zero-order valence-electron chi connectivity index (χ0n) is 7.72. The smallest absolute Gasteiger partial charge is 0.294 e. The van der Waals surface area contributed by atoms with E-state index >= 15 is 0 Å². The molecule has 11 heteroatoms. The van der Waals surface area contributed by atoms with Crippen LogP contribution >= 0.6 is 0 Å². The van der Waals surface area contributed by atoms with Crippen LogP contribution in [0.15, 0.2) is 5.11 Å². The molecule has 0 N–H and O–H groups in total. The Hall–Kier alpha value is -2.29. The van der Waals surface area contributed by atoms with Crippen LogP contribution in [0.1, 0.15) is 0 Å². The van der Waals surface area contributed by atoms with Crippen LogP contribution in [-0.4, -0.2) is 41.4 Å². The molecule has 0 aromatic rings. The lowest BCUT2D eigenvalue weighted by molar-refractivity contribution is -0.771. The van der Waals surface area contributed by atoms with E-state index in [1.54, 1.807) is 0 Å². The molecule has 0 bridgehead atoms. The summed E-state index contributed by atoms with van der Waals surface area (Å²) in [4.78, 5) is 26.6. The number of hydrogen-bond donors (Lipinski definition) is 0. The molecule has 1 atom stereocenters. The third kappa shape index (κ3) is 5.87. The number of nitro groups is 1. The summed E-state index contributed by atoms with van der Waals surface area (Å²) in [6.07, 6.45) is -1.16. The molecule has 0 aliphatic rings. The number of hydrogen-bond acceptors (Lipinski definition) is 6. The third-order valence-electron chi connectivity index (χ3n) is 1.33. The largest absolute Gasteiger partial charge is 0.308 e. The maximum Gasteiger partial charge on any atom is 0.294 e. The van der Waals surface area contributed by atoms with E-state index in [-0.39, 0.29) is 13.1 Å². The first-order chi connectivity index (χ1) is 6.97. The van der Waals surface area contributed by atoms with Gasteiger partial charge in [-0.25, -0.2) is 10.1 Å². The van der Waals surface area contributed by atoms with Crippen LogP contribution in [0.2, 0.25) is 0 Å². The van der Waals surface area contributed by atoms with Gasteiger partial charge in [0.25, 0.3) is 5.09 Å². The quantitative estimate of drug-likeness (QED) is 0.194. The van der Waals surface area contributed by atoms with Crippen molar-refractivity contribution in [2.75, 3.05) is 20.1 Å². The first-order valence-electron chi connectivity index (χ1n) is 3.64. The molecule has 0 saturated carbocycles. The molecule has 0 aromatic heterocycles. The van der Waals surface area contributed by atoms with Gasteiger partial charge < -0.3 is 4.84 Å². The Labute approximate surface area is 83.1 Å². The lowest BCUT2D eigenvalue weighted by Gasteiger charge is -2.14. The number of hydrazine groups is 1. The Morgan fingerprint density at radius 3 is 2.60 bits per heavy atom. The first kappa shape index (κ1) is 12.7. The Balaban J connectivity index is 4.28. The van der Waals surface area contributed by atoms with Crippen molar-refractivity contribution < 1.29 is 15.0 Å². The summed E-state index contributed by atoms with van der Waals surface area (Å²) in [6.45, 7) is -0.706. The molecule has 0 rings (SSSR count). The average Bonchev–Trinajstić information content (AvgIpc) is 2.13. The first-order valence-corrected chi connectivity index (χ1v) is 3.64. The topological polar surface area (TPSA) is 148 Å². The van der Waals surface area contributed by atoms with E-state index in [0.717, 1.165) is 7.05 Å². The van der Waals surface area contributed by atoms with Gasteiger partial charge in [0.2, 0.25) is 0 Å². The van der Waals surface area contributed by atoms with Gasteiger partial charge in [-0.2, -0.15) is 0 Å². The molecule has 0 spiro atoms. The second-order valence-corrected chi connectivity index (χ2v) is 2.44. The Morgan fingerprint density at radius 2 is 2.20 bits per heavy atom. The number of likely N-dealkylation sites (N-methyl/N-ethyl adjacent to an activating group) is 1. The molecule has 0 aliphatic carbocycles. The highest BCUT2D eigenvalue weighted by Crippen LogP contribution is 1.97. The number of azide groups is 1. The lowest BCUT2D eigenvalue weighted by atomic mass is 10.3. The fourth-order valence-corrected chi connectivity index (χ4v) is 0.735. The molecule has 0 amide bonds. The summed E-state index contributed by atoms with van der Waals surface area (Å²) >= 11 is 0. The van der Waals surface area contributed by atoms with E-state index < -0.39 is 16.2 Å². The molecule has 0 fully saturated rings. The standard InChI is InChI=1S/C4H8N6O5/c1-8(9(11)12)3-4(2-6-7-5)15-10(13)14/h4H,2-3H2,1H3. The molecule has 0 aliphatic heterocycles. The fraction of sp³-hybridized carbons (Fsp3) is 1.00. The van der Waals surface area contributed by atoms with Gasteiger partial charge in [-0.3, -0.25) is 0 Å². The predicted octanol–water partition coefficient (Wildman–Crippen LogP) is -0.00290. The highest BCUT2D eigenvalue weighted by atomic mass is 17.0. The van der Waals surface area contributed by atoms with Crippen molar-refractivity contribution >= 4 is 0 Å². The van der Waals surface area contributed by atoms with E-state index in [1.165, 1.54) is 0 Å². The van der Waals surface area contributed by atoms with E-state index in [1.807, 2.05) is 0 Å². The molecular formula is C4H8N6O5. The molecule has 0 heterocycles. The van der Waals surface area contributed by atoms with Crippen LogP contribution in [0.5, 0.6) is 0 Å². The van der Waals surface area contributed by atoms with Crippen molar-refractivity contribution in [2.24, 2.45) is 5.11 Å². The minimum atomic E-state index is -1.16. The van der Waals surface area contributed by atoms with Crippen LogP contribution in [-0.2, 0) is 4.84 Å². The van der Waals surface area contributed by atoms with Gasteiger partial charge in [0.1, 0.15) is 12.6 Å². The van der Waals surface area contributed by atoms with Crippen molar-refractivity contribution in [3.05, 3.63) is 30.7 Å². The van der Waals surface area contributed by atoms with Gasteiger partial charge in [-0.15, -0.1) is 15.1 Å². The monoisotopic (exact) mass is 220 g/mol. The van der Waals surface area contributed by atoms with Crippen LogP contribution in [0.4, 0.5) is 0 Å². The van der Waals surface area contributed by atoms with E-state index in [4.69, 9.17) is 5.53 Å². The lowest BCUT2D eigenvalue weighted by Crippen LogP contribution is -2.37. The summed E-state index contributed by atoms with van der Waals surface area (Å²) < 4.78 is 0. The van der Waals surface area contributed by atoms with Crippen molar-refractivity contribution in [1.82, 2.24) is 5.01 Å². The normalized spacial score (nSPS) is 11.0. The fourth-order valence-electron chi connectivity index (χ4n) is 0.735.